The van der Waals surface area contributed by atoms with Crippen molar-refractivity contribution < 1.29 is 22.6 Å². The quantitative estimate of drug-likeness (QED) is 0.840. The van der Waals surface area contributed by atoms with E-state index in [1.807, 2.05) is 18.2 Å². The molecule has 0 spiro atoms. The summed E-state index contributed by atoms with van der Waals surface area (Å²) in [6.07, 6.45) is 1.17. The molecule has 0 aliphatic carbocycles. The van der Waals surface area contributed by atoms with E-state index in [1.165, 1.54) is 6.26 Å². The van der Waals surface area contributed by atoms with Crippen molar-refractivity contribution in [1.82, 2.24) is 9.62 Å². The van der Waals surface area contributed by atoms with Gasteiger partial charge in [-0.2, -0.15) is 0 Å². The number of nitrogens with zero attached hydrogens (tertiary/aromatic N) is 1. The molecular weight excluding hydrogens is 308 g/mol. The summed E-state index contributed by atoms with van der Waals surface area (Å²) in [5.41, 5.74) is 1.00. The fraction of sp³-hybridized carbons (Fsp3) is 0.571. The lowest BCUT2D eigenvalue weighted by atomic mass is 10.0. The highest BCUT2D eigenvalue weighted by molar-refractivity contribution is 7.88. The average Bonchev–Trinajstić information content (AvgIpc) is 2.95. The van der Waals surface area contributed by atoms with Crippen molar-refractivity contribution in [3.63, 3.8) is 0 Å². The fourth-order valence-electron chi connectivity index (χ4n) is 2.70. The second-order valence-corrected chi connectivity index (χ2v) is 7.23. The first-order chi connectivity index (χ1) is 10.5. The maximum atomic E-state index is 11.4. The Hall–Kier alpha value is -1.35. The molecule has 1 saturated heterocycles. The van der Waals surface area contributed by atoms with E-state index < -0.39 is 10.0 Å². The first-order valence-electron chi connectivity index (χ1n) is 7.19. The van der Waals surface area contributed by atoms with Crippen molar-refractivity contribution in [3.8, 4) is 11.5 Å². The summed E-state index contributed by atoms with van der Waals surface area (Å²) in [6.45, 7) is 3.38. The van der Waals surface area contributed by atoms with E-state index >= 15 is 0 Å². The molecule has 122 valence electrons. The standard InChI is InChI=1S/C14H20N2O5S/c1-22(17,18)15-9-12(16-4-6-19-7-5-16)11-2-3-13-14(8-11)21-10-20-13/h2-3,8,12,15H,4-7,9-10H2,1H3/t12-/m1/s1. The summed E-state index contributed by atoms with van der Waals surface area (Å²) in [5.74, 6) is 1.43. The van der Waals surface area contributed by atoms with Crippen LogP contribution in [0.3, 0.4) is 0 Å². The van der Waals surface area contributed by atoms with Crippen molar-refractivity contribution in [2.75, 3.05) is 45.9 Å². The zero-order chi connectivity index (χ0) is 15.6. The number of sulfonamides is 1. The van der Waals surface area contributed by atoms with Crippen molar-refractivity contribution in [1.29, 1.82) is 0 Å². The minimum absolute atomic E-state index is 0.0619. The Balaban J connectivity index is 1.83. The zero-order valence-electron chi connectivity index (χ0n) is 12.4. The lowest BCUT2D eigenvalue weighted by Crippen LogP contribution is -2.43. The van der Waals surface area contributed by atoms with Crippen LogP contribution in [-0.4, -0.2) is 59.2 Å². The molecule has 0 saturated carbocycles. The molecule has 2 aliphatic rings. The van der Waals surface area contributed by atoms with E-state index in [2.05, 4.69) is 9.62 Å². The molecule has 0 bridgehead atoms. The third-order valence-corrected chi connectivity index (χ3v) is 4.50. The van der Waals surface area contributed by atoms with Gasteiger partial charge in [0.25, 0.3) is 0 Å². The number of fused-ring (bicyclic) bond motifs is 1. The maximum Gasteiger partial charge on any atom is 0.231 e. The lowest BCUT2D eigenvalue weighted by molar-refractivity contribution is 0.0172. The minimum Gasteiger partial charge on any atom is -0.454 e. The molecule has 1 fully saturated rings. The molecule has 22 heavy (non-hydrogen) atoms. The Morgan fingerprint density at radius 1 is 1.23 bits per heavy atom. The number of hydrogen-bond donors (Lipinski definition) is 1. The van der Waals surface area contributed by atoms with Gasteiger partial charge < -0.3 is 14.2 Å². The SMILES string of the molecule is CS(=O)(=O)NC[C@H](c1ccc2c(c1)OCO2)N1CCOCC1. The molecule has 1 aromatic carbocycles. The molecule has 0 amide bonds. The Morgan fingerprint density at radius 3 is 2.68 bits per heavy atom. The summed E-state index contributed by atoms with van der Waals surface area (Å²) in [4.78, 5) is 2.22. The average molecular weight is 328 g/mol. The van der Waals surface area contributed by atoms with Gasteiger partial charge in [0, 0.05) is 25.7 Å². The first kappa shape index (κ1) is 15.5. The van der Waals surface area contributed by atoms with Gasteiger partial charge in [0.2, 0.25) is 16.8 Å². The van der Waals surface area contributed by atoms with Crippen molar-refractivity contribution in [3.05, 3.63) is 23.8 Å². The molecular formula is C14H20N2O5S. The molecule has 2 heterocycles. The van der Waals surface area contributed by atoms with Crippen LogP contribution in [-0.2, 0) is 14.8 Å². The maximum absolute atomic E-state index is 11.4. The normalized spacial score (nSPS) is 20.0. The highest BCUT2D eigenvalue weighted by Gasteiger charge is 2.25. The van der Waals surface area contributed by atoms with Gasteiger partial charge in [0.1, 0.15) is 0 Å². The van der Waals surface area contributed by atoms with E-state index in [1.54, 1.807) is 0 Å². The van der Waals surface area contributed by atoms with Crippen molar-refractivity contribution in [2.24, 2.45) is 0 Å². The Bertz CT molecular complexity index is 628. The predicted molar refractivity (Wildman–Crippen MR) is 80.5 cm³/mol. The van der Waals surface area contributed by atoms with Gasteiger partial charge in [-0.1, -0.05) is 6.07 Å². The predicted octanol–water partition coefficient (Wildman–Crippen LogP) is 0.338. The topological polar surface area (TPSA) is 77.1 Å². The number of ether oxygens (including phenoxy) is 3. The van der Waals surface area contributed by atoms with E-state index in [0.29, 0.717) is 25.5 Å². The monoisotopic (exact) mass is 328 g/mol. The Kier molecular flexibility index (Phi) is 4.53. The number of benzene rings is 1. The third-order valence-electron chi connectivity index (χ3n) is 3.81. The van der Waals surface area contributed by atoms with Gasteiger partial charge in [0.05, 0.1) is 19.5 Å². The number of hydrogen-bond acceptors (Lipinski definition) is 6. The van der Waals surface area contributed by atoms with Crippen LogP contribution in [0.2, 0.25) is 0 Å². The molecule has 0 aromatic heterocycles. The molecule has 7 nitrogen and oxygen atoms in total. The van der Waals surface area contributed by atoms with E-state index in [9.17, 15) is 8.42 Å². The molecule has 1 aromatic rings. The van der Waals surface area contributed by atoms with Crippen molar-refractivity contribution >= 4 is 10.0 Å². The molecule has 8 heteroatoms. The molecule has 0 radical (unpaired) electrons. The lowest BCUT2D eigenvalue weighted by Gasteiger charge is -2.34. The second kappa shape index (κ2) is 6.41. The largest absolute Gasteiger partial charge is 0.454 e. The van der Waals surface area contributed by atoms with Crippen LogP contribution in [0.25, 0.3) is 0 Å². The summed E-state index contributed by atoms with van der Waals surface area (Å²) < 4.78 is 41.6. The van der Waals surface area contributed by atoms with E-state index in [4.69, 9.17) is 14.2 Å². The van der Waals surface area contributed by atoms with Crippen LogP contribution in [0.1, 0.15) is 11.6 Å². The highest BCUT2D eigenvalue weighted by atomic mass is 32.2. The van der Waals surface area contributed by atoms with Gasteiger partial charge in [-0.3, -0.25) is 4.90 Å². The molecule has 2 aliphatic heterocycles. The van der Waals surface area contributed by atoms with Crippen LogP contribution >= 0.6 is 0 Å². The third kappa shape index (κ3) is 3.70. The van der Waals surface area contributed by atoms with Crippen LogP contribution in [0.4, 0.5) is 0 Å². The number of morpholine rings is 1. The minimum atomic E-state index is -3.24. The number of nitrogens with one attached hydrogen (secondary N) is 1. The van der Waals surface area contributed by atoms with Gasteiger partial charge >= 0.3 is 0 Å². The summed E-state index contributed by atoms with van der Waals surface area (Å²) >= 11 is 0. The van der Waals surface area contributed by atoms with Crippen molar-refractivity contribution in [2.45, 2.75) is 6.04 Å². The van der Waals surface area contributed by atoms with Gasteiger partial charge in [-0.05, 0) is 17.7 Å². The van der Waals surface area contributed by atoms with Crippen LogP contribution < -0.4 is 14.2 Å². The zero-order valence-corrected chi connectivity index (χ0v) is 13.3. The summed E-state index contributed by atoms with van der Waals surface area (Å²) in [6, 6.07) is 5.68. The fourth-order valence-corrected chi connectivity index (χ4v) is 3.16. The molecule has 1 N–H and O–H groups in total. The molecule has 1 atom stereocenters. The van der Waals surface area contributed by atoms with Crippen LogP contribution in [0.5, 0.6) is 11.5 Å². The van der Waals surface area contributed by atoms with Gasteiger partial charge in [-0.25, -0.2) is 13.1 Å². The Morgan fingerprint density at radius 2 is 1.95 bits per heavy atom. The summed E-state index contributed by atoms with van der Waals surface area (Å²) in [7, 11) is -3.24. The van der Waals surface area contributed by atoms with E-state index in [0.717, 1.165) is 24.4 Å². The Labute approximate surface area is 130 Å². The van der Waals surface area contributed by atoms with Crippen LogP contribution in [0, 0.1) is 0 Å². The molecule has 3 rings (SSSR count). The second-order valence-electron chi connectivity index (χ2n) is 5.40. The highest BCUT2D eigenvalue weighted by Crippen LogP contribution is 2.35. The van der Waals surface area contributed by atoms with Crippen LogP contribution in [0.15, 0.2) is 18.2 Å². The first-order valence-corrected chi connectivity index (χ1v) is 9.08. The molecule has 0 unspecified atom stereocenters. The number of rotatable bonds is 5. The van der Waals surface area contributed by atoms with Gasteiger partial charge in [-0.15, -0.1) is 0 Å². The van der Waals surface area contributed by atoms with Gasteiger partial charge in [0.15, 0.2) is 11.5 Å². The van der Waals surface area contributed by atoms with E-state index in [-0.39, 0.29) is 12.8 Å². The summed E-state index contributed by atoms with van der Waals surface area (Å²) in [5, 5.41) is 0. The smallest absolute Gasteiger partial charge is 0.231 e.